The molecule has 0 N–H and O–H groups in total. The number of rotatable bonds is 2. The van der Waals surface area contributed by atoms with Gasteiger partial charge in [0.05, 0.1) is 6.54 Å². The quantitative estimate of drug-likeness (QED) is 0.331. The third-order valence-electron chi connectivity index (χ3n) is 0.403. The van der Waals surface area contributed by atoms with E-state index in [9.17, 15) is 0 Å². The van der Waals surface area contributed by atoms with Crippen LogP contribution in [0.4, 0.5) is 0 Å². The fourth-order valence-electron chi connectivity index (χ4n) is 0.134. The van der Waals surface area contributed by atoms with Crippen molar-refractivity contribution in [3.8, 4) is 0 Å². The number of azide groups is 1. The lowest BCUT2D eigenvalue weighted by atomic mass is 10.6. The van der Waals surface area contributed by atoms with Gasteiger partial charge in [-0.3, -0.25) is 0 Å². The van der Waals surface area contributed by atoms with Crippen molar-refractivity contribution in [3.63, 3.8) is 0 Å². The second kappa shape index (κ2) is 4.78. The van der Waals surface area contributed by atoms with Crippen LogP contribution >= 0.6 is 23.2 Å². The first-order chi connectivity index (χ1) is 3.81. The van der Waals surface area contributed by atoms with Gasteiger partial charge in [0.2, 0.25) is 0 Å². The minimum Gasteiger partial charge on any atom is -0.0917 e. The predicted octanol–water partition coefficient (Wildman–Crippen LogP) is 2.62. The molecule has 0 aromatic rings. The van der Waals surface area contributed by atoms with Crippen molar-refractivity contribution in [2.75, 3.05) is 6.54 Å². The van der Waals surface area contributed by atoms with E-state index in [1.807, 2.05) is 0 Å². The van der Waals surface area contributed by atoms with Gasteiger partial charge in [0.15, 0.2) is 0 Å². The van der Waals surface area contributed by atoms with Gasteiger partial charge in [-0.2, -0.15) is 0 Å². The average molecular weight is 152 g/mol. The smallest absolute Gasteiger partial charge is 0.0627 e. The first-order valence-electron chi connectivity index (χ1n) is 1.77. The second-order valence-corrected chi connectivity index (χ2v) is 1.65. The Hall–Kier alpha value is -0.370. The highest BCUT2D eigenvalue weighted by atomic mass is 35.5. The van der Waals surface area contributed by atoms with Crippen molar-refractivity contribution >= 4 is 23.2 Å². The predicted molar refractivity (Wildman–Crippen MR) is 33.8 cm³/mol. The number of hydrogen-bond donors (Lipinski definition) is 0. The highest BCUT2D eigenvalue weighted by molar-refractivity contribution is 6.36. The van der Waals surface area contributed by atoms with Crippen LogP contribution < -0.4 is 0 Å². The Balaban J connectivity index is 3.55. The van der Waals surface area contributed by atoms with Crippen molar-refractivity contribution in [2.24, 2.45) is 5.11 Å². The molecule has 0 saturated heterocycles. The van der Waals surface area contributed by atoms with Crippen LogP contribution in [-0.4, -0.2) is 6.54 Å². The van der Waals surface area contributed by atoms with E-state index in [0.717, 1.165) is 5.54 Å². The first kappa shape index (κ1) is 7.63. The second-order valence-electron chi connectivity index (χ2n) is 0.945. The highest BCUT2D eigenvalue weighted by Gasteiger charge is 1.83. The summed E-state index contributed by atoms with van der Waals surface area (Å²) in [6, 6.07) is 0. The van der Waals surface area contributed by atoms with Gasteiger partial charge in [0, 0.05) is 15.5 Å². The first-order valence-corrected chi connectivity index (χ1v) is 2.58. The maximum absolute atomic E-state index is 7.74. The Morgan fingerprint density at radius 2 is 2.50 bits per heavy atom. The molecule has 0 rings (SSSR count). The highest BCUT2D eigenvalue weighted by Crippen LogP contribution is 2.02. The average Bonchev–Trinajstić information content (AvgIpc) is 1.83. The monoisotopic (exact) mass is 151 g/mol. The molecule has 5 heteroatoms. The van der Waals surface area contributed by atoms with E-state index >= 15 is 0 Å². The van der Waals surface area contributed by atoms with Crippen LogP contribution in [0.3, 0.4) is 0 Å². The van der Waals surface area contributed by atoms with Gasteiger partial charge in [0.1, 0.15) is 0 Å². The van der Waals surface area contributed by atoms with Crippen LogP contribution in [0.1, 0.15) is 0 Å². The largest absolute Gasteiger partial charge is 0.0917 e. The molecule has 0 radical (unpaired) electrons. The summed E-state index contributed by atoms with van der Waals surface area (Å²) in [5, 5.41) is 3.48. The van der Waals surface area contributed by atoms with Crippen LogP contribution in [0.15, 0.2) is 15.7 Å². The Kier molecular flexibility index (Phi) is 4.56. The summed E-state index contributed by atoms with van der Waals surface area (Å²) >= 11 is 10.4. The number of hydrogen-bond acceptors (Lipinski definition) is 1. The lowest BCUT2D eigenvalue weighted by Crippen LogP contribution is -1.72. The van der Waals surface area contributed by atoms with E-state index in [4.69, 9.17) is 28.7 Å². The maximum atomic E-state index is 7.74. The Bertz CT molecular complexity index is 135. The SMILES string of the molecule is [N-]=[N+]=NC/C(Cl)=C\Cl. The van der Waals surface area contributed by atoms with E-state index in [-0.39, 0.29) is 6.54 Å². The Morgan fingerprint density at radius 1 is 1.88 bits per heavy atom. The molecular weight excluding hydrogens is 149 g/mol. The van der Waals surface area contributed by atoms with Crippen LogP contribution in [0.2, 0.25) is 0 Å². The number of nitrogens with zero attached hydrogens (tertiary/aromatic N) is 3. The zero-order valence-electron chi connectivity index (χ0n) is 3.88. The van der Waals surface area contributed by atoms with Crippen molar-refractivity contribution in [1.29, 1.82) is 0 Å². The third kappa shape index (κ3) is 3.81. The van der Waals surface area contributed by atoms with Crippen LogP contribution in [-0.2, 0) is 0 Å². The van der Waals surface area contributed by atoms with E-state index < -0.39 is 0 Å². The summed E-state index contributed by atoms with van der Waals surface area (Å²) < 4.78 is 0. The summed E-state index contributed by atoms with van der Waals surface area (Å²) in [6.07, 6.45) is 0. The van der Waals surface area contributed by atoms with Crippen molar-refractivity contribution in [3.05, 3.63) is 21.0 Å². The fraction of sp³-hybridized carbons (Fsp3) is 0.333. The van der Waals surface area contributed by atoms with Crippen molar-refractivity contribution in [2.45, 2.75) is 0 Å². The molecule has 8 heavy (non-hydrogen) atoms. The molecule has 0 saturated carbocycles. The van der Waals surface area contributed by atoms with Crippen molar-refractivity contribution in [1.82, 2.24) is 0 Å². The molecule has 0 aliphatic heterocycles. The van der Waals surface area contributed by atoms with Crippen LogP contribution in [0.5, 0.6) is 0 Å². The van der Waals surface area contributed by atoms with E-state index in [0.29, 0.717) is 5.03 Å². The molecular formula is C3H3Cl2N3. The molecule has 0 fully saturated rings. The molecule has 0 amide bonds. The normalized spacial score (nSPS) is 10.5. The van der Waals surface area contributed by atoms with Gasteiger partial charge >= 0.3 is 0 Å². The lowest BCUT2D eigenvalue weighted by Gasteiger charge is -1.81. The molecule has 3 nitrogen and oxygen atoms in total. The van der Waals surface area contributed by atoms with E-state index in [1.54, 1.807) is 0 Å². The van der Waals surface area contributed by atoms with E-state index in [2.05, 4.69) is 10.0 Å². The van der Waals surface area contributed by atoms with E-state index in [1.165, 1.54) is 0 Å². The molecule has 0 atom stereocenters. The molecule has 0 aliphatic rings. The van der Waals surface area contributed by atoms with Gasteiger partial charge in [-0.15, -0.1) is 0 Å². The summed E-state index contributed by atoms with van der Waals surface area (Å²) in [4.78, 5) is 2.46. The summed E-state index contributed by atoms with van der Waals surface area (Å²) in [5.41, 5.74) is 8.90. The van der Waals surface area contributed by atoms with Crippen LogP contribution in [0.25, 0.3) is 10.4 Å². The summed E-state index contributed by atoms with van der Waals surface area (Å²) in [5.74, 6) is 0. The van der Waals surface area contributed by atoms with Gasteiger partial charge in [0.25, 0.3) is 0 Å². The molecule has 0 heterocycles. The molecule has 0 aromatic carbocycles. The van der Waals surface area contributed by atoms with Gasteiger partial charge in [-0.1, -0.05) is 28.3 Å². The molecule has 0 bridgehead atoms. The summed E-state index contributed by atoms with van der Waals surface area (Å²) in [7, 11) is 0. The molecule has 0 aromatic heterocycles. The van der Waals surface area contributed by atoms with Crippen LogP contribution in [0, 0.1) is 0 Å². The summed E-state index contributed by atoms with van der Waals surface area (Å²) in [6.45, 7) is 0.127. The minimum absolute atomic E-state index is 0.127. The standard InChI is InChI=1S/C3H3Cl2N3/c4-1-3(5)2-7-8-6/h1H,2H2/b3-1+. The topological polar surface area (TPSA) is 48.8 Å². The third-order valence-corrected chi connectivity index (χ3v) is 1.01. The zero-order valence-corrected chi connectivity index (χ0v) is 5.39. The molecule has 0 unspecified atom stereocenters. The molecule has 0 spiro atoms. The Labute approximate surface area is 56.5 Å². The van der Waals surface area contributed by atoms with Crippen molar-refractivity contribution < 1.29 is 0 Å². The van der Waals surface area contributed by atoms with Gasteiger partial charge < -0.3 is 0 Å². The van der Waals surface area contributed by atoms with Gasteiger partial charge in [-0.05, 0) is 5.53 Å². The van der Waals surface area contributed by atoms with Gasteiger partial charge in [-0.25, -0.2) is 0 Å². The molecule has 0 aliphatic carbocycles. The minimum atomic E-state index is 0.127. The number of halogens is 2. The molecule has 44 valence electrons. The zero-order chi connectivity index (χ0) is 6.41. The lowest BCUT2D eigenvalue weighted by molar-refractivity contribution is 1.19. The fourth-order valence-corrected chi connectivity index (χ4v) is 0.256. The maximum Gasteiger partial charge on any atom is 0.0627 e. The Morgan fingerprint density at radius 3 is 2.88 bits per heavy atom.